The molecule has 10 aromatic rings. The second-order valence-corrected chi connectivity index (χ2v) is 13.6. The SMILES string of the molecule is c1ccc(-c2ccc(N(c3cccc(-c4cccc5c4oc4ccccc45)c3)c3ccc4cc5c(cc4c3)sc3ccccc35)cc2)cc1. The Hall–Kier alpha value is -6.16. The summed E-state index contributed by atoms with van der Waals surface area (Å²) in [6, 6.07) is 63.3. The summed E-state index contributed by atoms with van der Waals surface area (Å²) in [5.41, 5.74) is 9.71. The standard InChI is InChI=1S/C46H29NOS/c1-2-10-30(11-3-1)31-20-23-35(24-21-31)47(37-25-22-32-28-42-40-15-5-7-19-44(40)49-45(42)29-34(32)27-37)36-13-8-12-33(26-36)38-16-9-17-41-39-14-4-6-18-43(39)48-46(38)41/h1-29H. The van der Waals surface area contributed by atoms with Crippen LogP contribution >= 0.6 is 11.3 Å². The first-order valence-corrected chi connectivity index (χ1v) is 17.4. The molecule has 2 nitrogen and oxygen atoms in total. The van der Waals surface area contributed by atoms with Crippen LogP contribution < -0.4 is 4.90 Å². The maximum Gasteiger partial charge on any atom is 0.143 e. The highest BCUT2D eigenvalue weighted by molar-refractivity contribution is 7.25. The third-order valence-corrected chi connectivity index (χ3v) is 10.8. The Morgan fingerprint density at radius 3 is 1.98 bits per heavy atom. The lowest BCUT2D eigenvalue weighted by atomic mass is 10.0. The first-order valence-electron chi connectivity index (χ1n) is 16.6. The van der Waals surface area contributed by atoms with Gasteiger partial charge in [0, 0.05) is 53.6 Å². The van der Waals surface area contributed by atoms with Gasteiger partial charge in [0.25, 0.3) is 0 Å². The molecule has 0 atom stereocenters. The highest BCUT2D eigenvalue weighted by atomic mass is 32.1. The van der Waals surface area contributed by atoms with Crippen molar-refractivity contribution in [3.05, 3.63) is 176 Å². The lowest BCUT2D eigenvalue weighted by Gasteiger charge is -2.26. The average molecular weight is 644 g/mol. The van der Waals surface area contributed by atoms with Crippen molar-refractivity contribution in [3.8, 4) is 22.3 Å². The highest BCUT2D eigenvalue weighted by Gasteiger charge is 2.17. The molecule has 10 rings (SSSR count). The molecule has 0 amide bonds. The molecule has 0 aliphatic heterocycles. The largest absolute Gasteiger partial charge is 0.455 e. The first-order chi connectivity index (χ1) is 24.3. The number of benzene rings is 8. The van der Waals surface area contributed by atoms with Gasteiger partial charge >= 0.3 is 0 Å². The predicted octanol–water partition coefficient (Wildman–Crippen LogP) is 13.9. The van der Waals surface area contributed by atoms with Gasteiger partial charge in [0.05, 0.1) is 0 Å². The number of hydrogen-bond acceptors (Lipinski definition) is 3. The molecule has 0 aliphatic rings. The van der Waals surface area contributed by atoms with Crippen molar-refractivity contribution in [2.24, 2.45) is 0 Å². The van der Waals surface area contributed by atoms with Crippen LogP contribution in [0.2, 0.25) is 0 Å². The molecule has 0 bridgehead atoms. The van der Waals surface area contributed by atoms with Crippen LogP contribution in [0.3, 0.4) is 0 Å². The Morgan fingerprint density at radius 1 is 0.388 bits per heavy atom. The van der Waals surface area contributed by atoms with Crippen molar-refractivity contribution >= 4 is 81.3 Å². The molecule has 0 saturated carbocycles. The van der Waals surface area contributed by atoms with Gasteiger partial charge in [0.2, 0.25) is 0 Å². The summed E-state index contributed by atoms with van der Waals surface area (Å²) in [6.45, 7) is 0. The van der Waals surface area contributed by atoms with Gasteiger partial charge < -0.3 is 9.32 Å². The van der Waals surface area contributed by atoms with Gasteiger partial charge in [-0.15, -0.1) is 11.3 Å². The molecular formula is C46H29NOS. The minimum absolute atomic E-state index is 0.908. The monoisotopic (exact) mass is 643 g/mol. The van der Waals surface area contributed by atoms with Gasteiger partial charge in [-0.3, -0.25) is 0 Å². The van der Waals surface area contributed by atoms with E-state index in [9.17, 15) is 0 Å². The van der Waals surface area contributed by atoms with Crippen molar-refractivity contribution in [2.45, 2.75) is 0 Å². The summed E-state index contributed by atoms with van der Waals surface area (Å²) in [5.74, 6) is 0. The number of thiophene rings is 1. The molecule has 2 aromatic heterocycles. The van der Waals surface area contributed by atoms with E-state index in [2.05, 4.69) is 169 Å². The van der Waals surface area contributed by atoms with E-state index in [1.807, 2.05) is 23.5 Å². The number of para-hydroxylation sites is 2. The smallest absolute Gasteiger partial charge is 0.143 e. The van der Waals surface area contributed by atoms with E-state index < -0.39 is 0 Å². The number of furan rings is 1. The molecule has 0 unspecified atom stereocenters. The maximum atomic E-state index is 6.46. The summed E-state index contributed by atoms with van der Waals surface area (Å²) in [5, 5.41) is 7.38. The fraction of sp³-hybridized carbons (Fsp3) is 0. The van der Waals surface area contributed by atoms with Gasteiger partial charge in [-0.05, 0) is 88.1 Å². The molecule has 0 N–H and O–H groups in total. The van der Waals surface area contributed by atoms with E-state index in [1.54, 1.807) is 0 Å². The lowest BCUT2D eigenvalue weighted by Crippen LogP contribution is -2.10. The molecule has 0 saturated heterocycles. The Balaban J connectivity index is 1.14. The van der Waals surface area contributed by atoms with Crippen molar-refractivity contribution in [1.29, 1.82) is 0 Å². The van der Waals surface area contributed by atoms with E-state index >= 15 is 0 Å². The topological polar surface area (TPSA) is 16.4 Å². The Morgan fingerprint density at radius 2 is 1.08 bits per heavy atom. The Kier molecular flexibility index (Phi) is 6.39. The molecule has 0 spiro atoms. The average Bonchev–Trinajstić information content (AvgIpc) is 3.73. The summed E-state index contributed by atoms with van der Waals surface area (Å²) in [4.78, 5) is 2.37. The number of nitrogens with zero attached hydrogens (tertiary/aromatic N) is 1. The van der Waals surface area contributed by atoms with Crippen LogP contribution in [0.25, 0.3) is 75.1 Å². The minimum Gasteiger partial charge on any atom is -0.455 e. The first kappa shape index (κ1) is 27.9. The molecule has 8 aromatic carbocycles. The fourth-order valence-corrected chi connectivity index (χ4v) is 8.40. The molecule has 2 heterocycles. The van der Waals surface area contributed by atoms with Gasteiger partial charge in [0.15, 0.2) is 0 Å². The maximum absolute atomic E-state index is 6.46. The van der Waals surface area contributed by atoms with Crippen molar-refractivity contribution in [2.75, 3.05) is 4.90 Å². The van der Waals surface area contributed by atoms with Crippen LogP contribution in [0.4, 0.5) is 17.1 Å². The Bertz CT molecular complexity index is 2830. The van der Waals surface area contributed by atoms with Gasteiger partial charge in [-0.2, -0.15) is 0 Å². The van der Waals surface area contributed by atoms with Crippen molar-refractivity contribution in [1.82, 2.24) is 0 Å². The third kappa shape index (κ3) is 4.70. The third-order valence-electron chi connectivity index (χ3n) is 9.63. The van der Waals surface area contributed by atoms with Gasteiger partial charge in [-0.25, -0.2) is 0 Å². The van der Waals surface area contributed by atoms with Crippen molar-refractivity contribution in [3.63, 3.8) is 0 Å². The van der Waals surface area contributed by atoms with E-state index in [0.717, 1.165) is 50.1 Å². The summed E-state index contributed by atoms with van der Waals surface area (Å²) in [6.07, 6.45) is 0. The zero-order valence-electron chi connectivity index (χ0n) is 26.5. The van der Waals surface area contributed by atoms with Crippen LogP contribution in [0, 0.1) is 0 Å². The highest BCUT2D eigenvalue weighted by Crippen LogP contribution is 2.42. The van der Waals surface area contributed by atoms with Crippen LogP contribution in [0.1, 0.15) is 0 Å². The number of rotatable bonds is 5. The van der Waals surface area contributed by atoms with Gasteiger partial charge in [-0.1, -0.05) is 115 Å². The second-order valence-electron chi connectivity index (χ2n) is 12.6. The predicted molar refractivity (Wildman–Crippen MR) is 210 cm³/mol. The molecule has 0 fully saturated rings. The molecule has 0 aliphatic carbocycles. The van der Waals surface area contributed by atoms with Crippen LogP contribution in [-0.2, 0) is 0 Å². The zero-order chi connectivity index (χ0) is 32.3. The van der Waals surface area contributed by atoms with E-state index in [4.69, 9.17) is 4.42 Å². The summed E-state index contributed by atoms with van der Waals surface area (Å²) < 4.78 is 9.09. The minimum atomic E-state index is 0.908. The number of fused-ring (bicyclic) bond motifs is 7. The molecule has 49 heavy (non-hydrogen) atoms. The number of anilines is 3. The zero-order valence-corrected chi connectivity index (χ0v) is 27.3. The van der Waals surface area contributed by atoms with E-state index in [1.165, 1.54) is 42.1 Å². The molecular weight excluding hydrogens is 615 g/mol. The quantitative estimate of drug-likeness (QED) is 0.186. The van der Waals surface area contributed by atoms with Crippen LogP contribution in [0.5, 0.6) is 0 Å². The normalized spacial score (nSPS) is 11.7. The lowest BCUT2D eigenvalue weighted by molar-refractivity contribution is 0.670. The molecule has 0 radical (unpaired) electrons. The van der Waals surface area contributed by atoms with Crippen molar-refractivity contribution < 1.29 is 4.42 Å². The van der Waals surface area contributed by atoms with Crippen LogP contribution in [0.15, 0.2) is 180 Å². The molecule has 3 heteroatoms. The fourth-order valence-electron chi connectivity index (χ4n) is 7.26. The van der Waals surface area contributed by atoms with E-state index in [-0.39, 0.29) is 0 Å². The number of hydrogen-bond donors (Lipinski definition) is 0. The van der Waals surface area contributed by atoms with E-state index in [0.29, 0.717) is 0 Å². The summed E-state index contributed by atoms with van der Waals surface area (Å²) in [7, 11) is 0. The van der Waals surface area contributed by atoms with Crippen LogP contribution in [-0.4, -0.2) is 0 Å². The Labute approximate surface area is 287 Å². The van der Waals surface area contributed by atoms with Gasteiger partial charge in [0.1, 0.15) is 11.2 Å². The molecule has 230 valence electrons. The summed E-state index contributed by atoms with van der Waals surface area (Å²) >= 11 is 1.86. The second kappa shape index (κ2) is 11.2.